The highest BCUT2D eigenvalue weighted by atomic mass is 32.2. The van der Waals surface area contributed by atoms with Gasteiger partial charge in [0.2, 0.25) is 0 Å². The van der Waals surface area contributed by atoms with Crippen molar-refractivity contribution in [1.82, 2.24) is 0 Å². The Morgan fingerprint density at radius 2 is 2.00 bits per heavy atom. The number of hydrogen-bond donors (Lipinski definition) is 3. The second-order valence-electron chi connectivity index (χ2n) is 3.22. The first kappa shape index (κ1) is 14.0. The molecule has 1 aromatic carbocycles. The lowest BCUT2D eigenvalue weighted by molar-refractivity contribution is -0.131. The minimum Gasteiger partial charge on any atom is -0.503 e. The predicted octanol–water partition coefficient (Wildman–Crippen LogP) is 0.745. The molecule has 8 heteroatoms. The quantitative estimate of drug-likeness (QED) is 0.547. The van der Waals surface area contributed by atoms with Crippen molar-refractivity contribution in [3.63, 3.8) is 0 Å². The number of phenolic OH excluding ortho intramolecular Hbond substituents is 1. The van der Waals surface area contributed by atoms with E-state index in [2.05, 4.69) is 0 Å². The van der Waals surface area contributed by atoms with Crippen LogP contribution in [-0.2, 0) is 14.9 Å². The summed E-state index contributed by atoms with van der Waals surface area (Å²) in [6, 6.07) is 2.15. The summed E-state index contributed by atoms with van der Waals surface area (Å²) >= 11 is 0. The van der Waals surface area contributed by atoms with Gasteiger partial charge in [-0.25, -0.2) is 4.79 Å². The molecule has 3 N–H and O–H groups in total. The predicted molar refractivity (Wildman–Crippen MR) is 61.1 cm³/mol. The van der Waals surface area contributed by atoms with E-state index in [4.69, 9.17) is 14.4 Å². The van der Waals surface area contributed by atoms with Gasteiger partial charge in [-0.15, -0.1) is 0 Å². The van der Waals surface area contributed by atoms with Gasteiger partial charge >= 0.3 is 5.97 Å². The number of aromatic hydroxyl groups is 1. The maximum atomic E-state index is 11.0. The van der Waals surface area contributed by atoms with Gasteiger partial charge in [-0.2, -0.15) is 8.42 Å². The molecule has 0 amide bonds. The molecule has 0 bridgehead atoms. The van der Waals surface area contributed by atoms with E-state index in [9.17, 15) is 18.3 Å². The maximum absolute atomic E-state index is 11.0. The van der Waals surface area contributed by atoms with Crippen molar-refractivity contribution in [3.8, 4) is 11.5 Å². The maximum Gasteiger partial charge on any atom is 0.328 e. The molecule has 98 valence electrons. The Morgan fingerprint density at radius 3 is 2.44 bits per heavy atom. The third-order valence-corrected chi connectivity index (χ3v) is 2.85. The highest BCUT2D eigenvalue weighted by molar-refractivity contribution is 7.86. The van der Waals surface area contributed by atoms with E-state index in [1.54, 1.807) is 0 Å². The summed E-state index contributed by atoms with van der Waals surface area (Å²) < 4.78 is 35.7. The van der Waals surface area contributed by atoms with Crippen LogP contribution in [0, 0.1) is 0 Å². The third kappa shape index (κ3) is 3.22. The number of methoxy groups -OCH3 is 1. The summed E-state index contributed by atoms with van der Waals surface area (Å²) in [5.74, 6) is -2.17. The molecule has 0 aliphatic heterocycles. The van der Waals surface area contributed by atoms with Gasteiger partial charge in [-0.3, -0.25) is 4.55 Å². The zero-order valence-electron chi connectivity index (χ0n) is 9.19. The van der Waals surface area contributed by atoms with Crippen molar-refractivity contribution in [1.29, 1.82) is 0 Å². The Balaban J connectivity index is 3.45. The molecule has 0 atom stereocenters. The molecule has 0 saturated carbocycles. The topological polar surface area (TPSA) is 121 Å². The number of ether oxygens (including phenoxy) is 1. The first-order valence-corrected chi connectivity index (χ1v) is 5.99. The number of hydrogen-bond acceptors (Lipinski definition) is 5. The molecule has 1 aromatic rings. The fourth-order valence-electron chi connectivity index (χ4n) is 1.22. The summed E-state index contributed by atoms with van der Waals surface area (Å²) in [4.78, 5) is 9.58. The highest BCUT2D eigenvalue weighted by Crippen LogP contribution is 2.34. The van der Waals surface area contributed by atoms with Gasteiger partial charge in [0.05, 0.1) is 7.11 Å². The van der Waals surface area contributed by atoms with Crippen LogP contribution in [0.4, 0.5) is 0 Å². The van der Waals surface area contributed by atoms with Crippen molar-refractivity contribution in [2.24, 2.45) is 0 Å². The molecule has 0 aliphatic rings. The van der Waals surface area contributed by atoms with E-state index in [1.807, 2.05) is 0 Å². The second-order valence-corrected chi connectivity index (χ2v) is 4.61. The smallest absolute Gasteiger partial charge is 0.328 e. The molecule has 0 heterocycles. The third-order valence-electron chi connectivity index (χ3n) is 1.98. The van der Waals surface area contributed by atoms with Crippen LogP contribution in [0.25, 0.3) is 6.08 Å². The van der Waals surface area contributed by atoms with Gasteiger partial charge in [0.15, 0.2) is 11.5 Å². The van der Waals surface area contributed by atoms with E-state index in [-0.39, 0.29) is 11.3 Å². The van der Waals surface area contributed by atoms with Crippen LogP contribution in [0.1, 0.15) is 5.56 Å². The summed E-state index contributed by atoms with van der Waals surface area (Å²) in [7, 11) is -3.45. The number of carboxylic acid groups (broad SMARTS) is 1. The molecule has 0 saturated heterocycles. The number of benzene rings is 1. The van der Waals surface area contributed by atoms with E-state index in [0.717, 1.165) is 18.2 Å². The lowest BCUT2D eigenvalue weighted by Gasteiger charge is -2.08. The SMILES string of the molecule is COc1cc(C=CC(=O)O)cc(S(=O)(=O)O)c1O. The standard InChI is InChI=1S/C10H10O7S/c1-17-7-4-6(2-3-9(11)12)5-8(10(7)13)18(14,15)16/h2-5,13H,1H3,(H,11,12)(H,14,15,16). The summed E-state index contributed by atoms with van der Waals surface area (Å²) in [6.45, 7) is 0. The van der Waals surface area contributed by atoms with Crippen LogP contribution in [0.15, 0.2) is 23.1 Å². The molecule has 7 nitrogen and oxygen atoms in total. The van der Waals surface area contributed by atoms with Gasteiger partial charge < -0.3 is 14.9 Å². The van der Waals surface area contributed by atoms with E-state index >= 15 is 0 Å². The molecule has 0 unspecified atom stereocenters. The fourth-order valence-corrected chi connectivity index (χ4v) is 1.85. The highest BCUT2D eigenvalue weighted by Gasteiger charge is 2.20. The zero-order chi connectivity index (χ0) is 13.9. The Morgan fingerprint density at radius 1 is 1.39 bits per heavy atom. The minimum atomic E-state index is -4.64. The minimum absolute atomic E-state index is 0.139. The van der Waals surface area contributed by atoms with E-state index < -0.39 is 26.7 Å². The van der Waals surface area contributed by atoms with Crippen LogP contribution in [-0.4, -0.2) is 36.3 Å². The summed E-state index contributed by atoms with van der Waals surface area (Å²) in [5, 5.41) is 18.0. The first-order valence-electron chi connectivity index (χ1n) is 4.55. The number of phenols is 1. The Bertz CT molecular complexity index is 601. The van der Waals surface area contributed by atoms with Gasteiger partial charge in [-0.05, 0) is 23.8 Å². The van der Waals surface area contributed by atoms with E-state index in [0.29, 0.717) is 0 Å². The number of rotatable bonds is 4. The van der Waals surface area contributed by atoms with Crippen LogP contribution < -0.4 is 4.74 Å². The fraction of sp³-hybridized carbons (Fsp3) is 0.100. The lowest BCUT2D eigenvalue weighted by Crippen LogP contribution is -2.00. The Hall–Kier alpha value is -2.06. The molecule has 18 heavy (non-hydrogen) atoms. The van der Waals surface area contributed by atoms with Crippen molar-refractivity contribution >= 4 is 22.2 Å². The van der Waals surface area contributed by atoms with Crippen molar-refractivity contribution < 1.29 is 32.7 Å². The Kier molecular flexibility index (Phi) is 3.94. The molecular formula is C10H10O7S. The Labute approximate surface area is 103 Å². The van der Waals surface area contributed by atoms with Crippen LogP contribution in [0.2, 0.25) is 0 Å². The molecular weight excluding hydrogens is 264 g/mol. The van der Waals surface area contributed by atoms with Gasteiger partial charge in [0, 0.05) is 6.08 Å². The van der Waals surface area contributed by atoms with Crippen molar-refractivity contribution in [3.05, 3.63) is 23.8 Å². The summed E-state index contributed by atoms with van der Waals surface area (Å²) in [6.07, 6.45) is 1.87. The van der Waals surface area contributed by atoms with E-state index in [1.165, 1.54) is 13.2 Å². The largest absolute Gasteiger partial charge is 0.503 e. The first-order chi connectivity index (χ1) is 8.25. The molecule has 1 rings (SSSR count). The average Bonchev–Trinajstić information content (AvgIpc) is 2.25. The van der Waals surface area contributed by atoms with Gasteiger partial charge in [0.1, 0.15) is 4.90 Å². The van der Waals surface area contributed by atoms with Gasteiger partial charge in [-0.1, -0.05) is 0 Å². The monoisotopic (exact) mass is 274 g/mol. The number of carboxylic acids is 1. The normalized spacial score (nSPS) is 11.7. The average molecular weight is 274 g/mol. The lowest BCUT2D eigenvalue weighted by atomic mass is 10.2. The molecule has 0 aromatic heterocycles. The number of carbonyl (C=O) groups is 1. The van der Waals surface area contributed by atoms with Crippen LogP contribution >= 0.6 is 0 Å². The summed E-state index contributed by atoms with van der Waals surface area (Å²) in [5.41, 5.74) is 0.139. The van der Waals surface area contributed by atoms with Gasteiger partial charge in [0.25, 0.3) is 10.1 Å². The van der Waals surface area contributed by atoms with Crippen LogP contribution in [0.5, 0.6) is 11.5 Å². The zero-order valence-corrected chi connectivity index (χ0v) is 10.0. The molecule has 0 spiro atoms. The number of aliphatic carboxylic acids is 1. The van der Waals surface area contributed by atoms with Crippen molar-refractivity contribution in [2.75, 3.05) is 7.11 Å². The molecule has 0 aliphatic carbocycles. The molecule has 0 radical (unpaired) electrons. The van der Waals surface area contributed by atoms with Crippen molar-refractivity contribution in [2.45, 2.75) is 4.90 Å². The second kappa shape index (κ2) is 5.07. The van der Waals surface area contributed by atoms with Crippen LogP contribution in [0.3, 0.4) is 0 Å². The molecule has 0 fully saturated rings.